The van der Waals surface area contributed by atoms with Gasteiger partial charge in [-0.1, -0.05) is 12.1 Å². The Hall–Kier alpha value is -2.99. The molecule has 1 aromatic rings. The van der Waals surface area contributed by atoms with Gasteiger partial charge in [0, 0.05) is 25.6 Å². The van der Waals surface area contributed by atoms with E-state index >= 15 is 0 Å². The largest absolute Gasteiger partial charge is 0.440 e. The number of rotatable bonds is 6. The summed E-state index contributed by atoms with van der Waals surface area (Å²) in [6.45, 7) is -0.485. The van der Waals surface area contributed by atoms with Crippen LogP contribution in [0.4, 0.5) is 36.8 Å². The summed E-state index contributed by atoms with van der Waals surface area (Å²) >= 11 is 0. The first-order valence-corrected chi connectivity index (χ1v) is 10.0. The first-order chi connectivity index (χ1) is 15.3. The number of para-hydroxylation sites is 1. The van der Waals surface area contributed by atoms with Crippen molar-refractivity contribution in [3.05, 3.63) is 29.8 Å². The molecule has 184 valence electrons. The molecule has 1 N–H and O–H groups in total. The van der Waals surface area contributed by atoms with Gasteiger partial charge >= 0.3 is 18.4 Å². The second-order valence-corrected chi connectivity index (χ2v) is 7.38. The molecule has 1 aliphatic heterocycles. The Morgan fingerprint density at radius 2 is 1.70 bits per heavy atom. The Bertz CT molecular complexity index is 851. The van der Waals surface area contributed by atoms with Crippen LogP contribution in [0.2, 0.25) is 0 Å². The molecule has 7 nitrogen and oxygen atoms in total. The molecule has 0 saturated carbocycles. The number of carbonyl (C=O) groups excluding carboxylic acids is 3. The summed E-state index contributed by atoms with van der Waals surface area (Å²) < 4.78 is 79.9. The highest BCUT2D eigenvalue weighted by atomic mass is 19.4. The molecule has 1 fully saturated rings. The molecule has 0 bridgehead atoms. The number of piperidine rings is 1. The second kappa shape index (κ2) is 10.8. The minimum absolute atomic E-state index is 0.00416. The molecule has 0 atom stereocenters. The average molecular weight is 483 g/mol. The quantitative estimate of drug-likeness (QED) is 0.623. The zero-order valence-electron chi connectivity index (χ0n) is 17.6. The van der Waals surface area contributed by atoms with Crippen LogP contribution in [0.1, 0.15) is 25.3 Å². The van der Waals surface area contributed by atoms with Crippen LogP contribution in [-0.2, 0) is 20.5 Å². The zero-order chi connectivity index (χ0) is 24.8. The van der Waals surface area contributed by atoms with E-state index in [9.17, 15) is 40.7 Å². The van der Waals surface area contributed by atoms with Gasteiger partial charge in [0.15, 0.2) is 6.61 Å². The SMILES string of the molecule is CCN(CC(=O)Nc1ccccc1C(F)(F)F)C(=O)C1CCN(C(=O)OCC(F)(F)F)CC1. The lowest BCUT2D eigenvalue weighted by Crippen LogP contribution is -2.46. The number of amides is 3. The maximum absolute atomic E-state index is 13.1. The van der Waals surface area contributed by atoms with Crippen molar-refractivity contribution in [2.45, 2.75) is 32.1 Å². The predicted octanol–water partition coefficient (Wildman–Crippen LogP) is 3.90. The first kappa shape index (κ1) is 26.3. The van der Waals surface area contributed by atoms with Crippen molar-refractivity contribution in [3.8, 4) is 0 Å². The van der Waals surface area contributed by atoms with Gasteiger partial charge in [0.25, 0.3) is 0 Å². The highest BCUT2D eigenvalue weighted by molar-refractivity contribution is 5.95. The number of hydrogen-bond donors (Lipinski definition) is 1. The van der Waals surface area contributed by atoms with Crippen molar-refractivity contribution in [1.82, 2.24) is 9.80 Å². The number of nitrogens with zero attached hydrogens (tertiary/aromatic N) is 2. The fraction of sp³-hybridized carbons (Fsp3) is 0.550. The van der Waals surface area contributed by atoms with Crippen molar-refractivity contribution in [1.29, 1.82) is 0 Å². The lowest BCUT2D eigenvalue weighted by atomic mass is 9.95. The van der Waals surface area contributed by atoms with E-state index in [1.165, 1.54) is 17.0 Å². The Labute approximate surface area is 185 Å². The van der Waals surface area contributed by atoms with Crippen LogP contribution in [0, 0.1) is 5.92 Å². The molecular weight excluding hydrogens is 460 g/mol. The normalized spacial score (nSPS) is 15.2. The average Bonchev–Trinajstić information content (AvgIpc) is 2.74. The number of halogens is 6. The molecule has 1 aromatic carbocycles. The molecule has 13 heteroatoms. The van der Waals surface area contributed by atoms with Crippen LogP contribution in [0.25, 0.3) is 0 Å². The number of alkyl halides is 6. The van der Waals surface area contributed by atoms with Gasteiger partial charge in [-0.25, -0.2) is 4.79 Å². The van der Waals surface area contributed by atoms with Gasteiger partial charge in [0.05, 0.1) is 17.8 Å². The lowest BCUT2D eigenvalue weighted by Gasteiger charge is -2.33. The monoisotopic (exact) mass is 483 g/mol. The van der Waals surface area contributed by atoms with Crippen molar-refractivity contribution < 1.29 is 45.5 Å². The first-order valence-electron chi connectivity index (χ1n) is 10.0. The second-order valence-electron chi connectivity index (χ2n) is 7.38. The van der Waals surface area contributed by atoms with Gasteiger partial charge in [0.2, 0.25) is 11.8 Å². The Morgan fingerprint density at radius 3 is 2.24 bits per heavy atom. The molecule has 0 unspecified atom stereocenters. The predicted molar refractivity (Wildman–Crippen MR) is 104 cm³/mol. The van der Waals surface area contributed by atoms with Gasteiger partial charge in [-0.15, -0.1) is 0 Å². The topological polar surface area (TPSA) is 79.0 Å². The number of likely N-dealkylation sites (N-methyl/N-ethyl adjacent to an activating group) is 1. The smallest absolute Gasteiger partial charge is 0.422 e. The van der Waals surface area contributed by atoms with Crippen LogP contribution in [-0.4, -0.2) is 66.7 Å². The molecule has 33 heavy (non-hydrogen) atoms. The summed E-state index contributed by atoms with van der Waals surface area (Å²) in [7, 11) is 0. The summed E-state index contributed by atoms with van der Waals surface area (Å²) in [6, 6.07) is 4.45. The summed E-state index contributed by atoms with van der Waals surface area (Å²) in [6.07, 6.45) is -10.1. The van der Waals surface area contributed by atoms with Crippen molar-refractivity contribution in [2.75, 3.05) is 38.1 Å². The number of benzene rings is 1. The third-order valence-corrected chi connectivity index (χ3v) is 5.00. The van der Waals surface area contributed by atoms with Crippen LogP contribution in [0.3, 0.4) is 0 Å². The third-order valence-electron chi connectivity index (χ3n) is 5.00. The molecule has 0 aromatic heterocycles. The molecule has 0 aliphatic carbocycles. The molecule has 2 rings (SSSR count). The van der Waals surface area contributed by atoms with Crippen LogP contribution >= 0.6 is 0 Å². The summed E-state index contributed by atoms with van der Waals surface area (Å²) in [5.74, 6) is -1.83. The standard InChI is InChI=1S/C20H23F6N3O4/c1-2-28(11-16(30)27-15-6-4-3-5-14(15)20(24,25)26)17(31)13-7-9-29(10-8-13)18(32)33-12-19(21,22)23/h3-6,13H,2,7-12H2,1H3,(H,27,30). The Kier molecular flexibility index (Phi) is 8.56. The van der Waals surface area contributed by atoms with Crippen LogP contribution < -0.4 is 5.32 Å². The summed E-state index contributed by atoms with van der Waals surface area (Å²) in [5, 5.41) is 2.17. The fourth-order valence-corrected chi connectivity index (χ4v) is 3.35. The molecule has 1 heterocycles. The van der Waals surface area contributed by atoms with E-state index in [1.807, 2.05) is 0 Å². The minimum Gasteiger partial charge on any atom is -0.440 e. The van der Waals surface area contributed by atoms with Gasteiger partial charge < -0.3 is 19.9 Å². The number of carbonyl (C=O) groups is 3. The maximum Gasteiger partial charge on any atom is 0.422 e. The molecule has 1 saturated heterocycles. The number of hydrogen-bond acceptors (Lipinski definition) is 4. The van der Waals surface area contributed by atoms with E-state index in [4.69, 9.17) is 0 Å². The lowest BCUT2D eigenvalue weighted by molar-refractivity contribution is -0.162. The van der Waals surface area contributed by atoms with Crippen molar-refractivity contribution in [2.24, 2.45) is 5.92 Å². The zero-order valence-corrected chi connectivity index (χ0v) is 17.6. The fourth-order valence-electron chi connectivity index (χ4n) is 3.35. The third kappa shape index (κ3) is 7.82. The summed E-state index contributed by atoms with van der Waals surface area (Å²) in [4.78, 5) is 39.0. The minimum atomic E-state index is -4.67. The van der Waals surface area contributed by atoms with Gasteiger partial charge in [0.1, 0.15) is 0 Å². The van der Waals surface area contributed by atoms with Crippen LogP contribution in [0.5, 0.6) is 0 Å². The van der Waals surface area contributed by atoms with Gasteiger partial charge in [-0.2, -0.15) is 26.3 Å². The van der Waals surface area contributed by atoms with Gasteiger partial charge in [-0.05, 0) is 31.9 Å². The number of anilines is 1. The van der Waals surface area contributed by atoms with Crippen molar-refractivity contribution >= 4 is 23.6 Å². The van der Waals surface area contributed by atoms with Gasteiger partial charge in [-0.3, -0.25) is 9.59 Å². The van der Waals surface area contributed by atoms with E-state index in [0.717, 1.165) is 17.0 Å². The molecule has 0 spiro atoms. The molecule has 1 aliphatic rings. The Balaban J connectivity index is 1.91. The van der Waals surface area contributed by atoms with E-state index in [-0.39, 0.29) is 32.5 Å². The molecular formula is C20H23F6N3O4. The van der Waals surface area contributed by atoms with E-state index in [0.29, 0.717) is 0 Å². The summed E-state index contributed by atoms with van der Waals surface area (Å²) in [5.41, 5.74) is -1.44. The van der Waals surface area contributed by atoms with E-state index < -0.39 is 60.6 Å². The highest BCUT2D eigenvalue weighted by Gasteiger charge is 2.35. The van der Waals surface area contributed by atoms with E-state index in [2.05, 4.69) is 10.1 Å². The maximum atomic E-state index is 13.1. The molecule has 3 amide bonds. The number of ether oxygens (including phenoxy) is 1. The Morgan fingerprint density at radius 1 is 1.09 bits per heavy atom. The number of nitrogens with one attached hydrogen (secondary N) is 1. The van der Waals surface area contributed by atoms with E-state index in [1.54, 1.807) is 6.92 Å². The highest BCUT2D eigenvalue weighted by Crippen LogP contribution is 2.34. The van der Waals surface area contributed by atoms with Crippen molar-refractivity contribution in [3.63, 3.8) is 0 Å². The number of likely N-dealkylation sites (tertiary alicyclic amines) is 1. The van der Waals surface area contributed by atoms with Crippen LogP contribution in [0.15, 0.2) is 24.3 Å². The molecule has 0 radical (unpaired) electrons.